The first kappa shape index (κ1) is 22.6. The molecule has 0 aliphatic heterocycles. The number of carbonyl (C=O) groups is 3. The Labute approximate surface area is 186 Å². The van der Waals surface area contributed by atoms with Crippen molar-refractivity contribution in [3.8, 4) is 5.75 Å². The maximum atomic E-state index is 12.4. The maximum absolute atomic E-state index is 12.4. The van der Waals surface area contributed by atoms with E-state index in [4.69, 9.17) is 4.74 Å². The molecule has 3 N–H and O–H groups in total. The van der Waals surface area contributed by atoms with Crippen LogP contribution in [0.15, 0.2) is 66.7 Å². The van der Waals surface area contributed by atoms with Crippen LogP contribution in [0.1, 0.15) is 37.4 Å². The maximum Gasteiger partial charge on any atom is 0.276 e. The van der Waals surface area contributed by atoms with E-state index in [-0.39, 0.29) is 12.5 Å². The second-order valence-corrected chi connectivity index (χ2v) is 7.46. The summed E-state index contributed by atoms with van der Waals surface area (Å²) in [6.45, 7) is 5.52. The number of anilines is 1. The number of ether oxygens (including phenoxy) is 1. The Balaban J connectivity index is 1.48. The van der Waals surface area contributed by atoms with Gasteiger partial charge in [-0.3, -0.25) is 25.2 Å². The molecule has 0 heterocycles. The van der Waals surface area contributed by atoms with Gasteiger partial charge in [0.25, 0.3) is 17.7 Å². The Bertz CT molecular complexity index is 1120. The molecule has 32 heavy (non-hydrogen) atoms. The summed E-state index contributed by atoms with van der Waals surface area (Å²) in [5, 5.41) is 2.80. The Kier molecular flexibility index (Phi) is 7.23. The van der Waals surface area contributed by atoms with Crippen molar-refractivity contribution in [3.63, 3.8) is 0 Å². The Morgan fingerprint density at radius 1 is 0.781 bits per heavy atom. The Morgan fingerprint density at radius 2 is 1.44 bits per heavy atom. The van der Waals surface area contributed by atoms with Crippen molar-refractivity contribution >= 4 is 23.4 Å². The molecule has 0 saturated heterocycles. The van der Waals surface area contributed by atoms with Crippen LogP contribution >= 0.6 is 0 Å². The minimum atomic E-state index is -0.486. The highest BCUT2D eigenvalue weighted by atomic mass is 16.5. The van der Waals surface area contributed by atoms with Gasteiger partial charge in [-0.15, -0.1) is 0 Å². The molecule has 164 valence electrons. The first-order chi connectivity index (χ1) is 15.3. The van der Waals surface area contributed by atoms with Gasteiger partial charge in [-0.2, -0.15) is 0 Å². The fraction of sp³-hybridized carbons (Fsp3) is 0.160. The molecule has 0 spiro atoms. The van der Waals surface area contributed by atoms with E-state index in [2.05, 4.69) is 16.2 Å². The van der Waals surface area contributed by atoms with Crippen molar-refractivity contribution in [2.75, 3.05) is 11.9 Å². The SMILES string of the molecule is Cc1cc(C)cc(OCC(=O)NNC(=O)c2ccc(NC(=O)c3ccccc3C)cc2)c1. The van der Waals surface area contributed by atoms with Crippen molar-refractivity contribution in [2.24, 2.45) is 0 Å². The molecule has 7 heteroatoms. The summed E-state index contributed by atoms with van der Waals surface area (Å²) < 4.78 is 5.46. The van der Waals surface area contributed by atoms with Gasteiger partial charge in [-0.1, -0.05) is 24.3 Å². The van der Waals surface area contributed by atoms with Crippen LogP contribution in [0.3, 0.4) is 0 Å². The normalized spacial score (nSPS) is 10.2. The molecule has 3 rings (SSSR count). The van der Waals surface area contributed by atoms with Gasteiger partial charge in [0.05, 0.1) is 0 Å². The Hall–Kier alpha value is -4.13. The third-order valence-corrected chi connectivity index (χ3v) is 4.68. The number of benzene rings is 3. The summed E-state index contributed by atoms with van der Waals surface area (Å²) in [5.41, 5.74) is 9.08. The van der Waals surface area contributed by atoms with Crippen LogP contribution in [0.4, 0.5) is 5.69 Å². The highest BCUT2D eigenvalue weighted by molar-refractivity contribution is 6.05. The zero-order valence-corrected chi connectivity index (χ0v) is 18.2. The van der Waals surface area contributed by atoms with E-state index in [0.717, 1.165) is 16.7 Å². The van der Waals surface area contributed by atoms with Crippen LogP contribution < -0.4 is 20.9 Å². The van der Waals surface area contributed by atoms with Crippen molar-refractivity contribution in [2.45, 2.75) is 20.8 Å². The lowest BCUT2D eigenvalue weighted by molar-refractivity contribution is -0.123. The zero-order chi connectivity index (χ0) is 23.1. The molecule has 3 amide bonds. The van der Waals surface area contributed by atoms with Gasteiger partial charge in [0.1, 0.15) is 5.75 Å². The van der Waals surface area contributed by atoms with Crippen molar-refractivity contribution in [1.29, 1.82) is 0 Å². The second kappa shape index (κ2) is 10.3. The van der Waals surface area contributed by atoms with Crippen LogP contribution in [0, 0.1) is 20.8 Å². The smallest absolute Gasteiger partial charge is 0.276 e. The molecular weight excluding hydrogens is 406 g/mol. The van der Waals surface area contributed by atoms with Crippen LogP contribution in [0.25, 0.3) is 0 Å². The van der Waals surface area contributed by atoms with Crippen LogP contribution in [0.2, 0.25) is 0 Å². The number of hydrogen-bond acceptors (Lipinski definition) is 4. The summed E-state index contributed by atoms with van der Waals surface area (Å²) in [7, 11) is 0. The minimum absolute atomic E-state index is 0.226. The lowest BCUT2D eigenvalue weighted by Gasteiger charge is -2.11. The Morgan fingerprint density at radius 3 is 2.09 bits per heavy atom. The molecule has 0 aliphatic rings. The number of amides is 3. The number of hydrazine groups is 1. The zero-order valence-electron chi connectivity index (χ0n) is 18.2. The number of carbonyl (C=O) groups excluding carboxylic acids is 3. The van der Waals surface area contributed by atoms with E-state index in [1.165, 1.54) is 0 Å². The van der Waals surface area contributed by atoms with Gasteiger partial charge in [0.15, 0.2) is 6.61 Å². The van der Waals surface area contributed by atoms with Crippen LogP contribution in [-0.4, -0.2) is 24.3 Å². The summed E-state index contributed by atoms with van der Waals surface area (Å²) in [6.07, 6.45) is 0. The molecule has 0 aliphatic carbocycles. The average molecular weight is 431 g/mol. The van der Waals surface area contributed by atoms with Crippen LogP contribution in [-0.2, 0) is 4.79 Å². The number of hydrogen-bond donors (Lipinski definition) is 3. The number of rotatable bonds is 6. The first-order valence-electron chi connectivity index (χ1n) is 10.1. The van der Waals surface area contributed by atoms with E-state index in [0.29, 0.717) is 22.6 Å². The second-order valence-electron chi connectivity index (χ2n) is 7.46. The largest absolute Gasteiger partial charge is 0.484 e. The lowest BCUT2D eigenvalue weighted by atomic mass is 10.1. The van der Waals surface area contributed by atoms with Gasteiger partial charge >= 0.3 is 0 Å². The van der Waals surface area contributed by atoms with E-state index in [1.54, 1.807) is 36.4 Å². The predicted molar refractivity (Wildman–Crippen MR) is 123 cm³/mol. The molecule has 0 saturated carbocycles. The molecule has 3 aromatic carbocycles. The number of aryl methyl sites for hydroxylation is 3. The highest BCUT2D eigenvalue weighted by Gasteiger charge is 2.11. The van der Waals surface area contributed by atoms with Crippen LogP contribution in [0.5, 0.6) is 5.75 Å². The molecular formula is C25H25N3O4. The standard InChI is InChI=1S/C25H25N3O4/c1-16-12-17(2)14-21(13-16)32-15-23(29)27-28-24(30)19-8-10-20(11-9-19)26-25(31)22-7-5-4-6-18(22)3/h4-14H,15H2,1-3H3,(H,26,31)(H,27,29)(H,28,30). The van der Waals surface area contributed by atoms with Gasteiger partial charge in [-0.05, 0) is 79.9 Å². The molecule has 0 radical (unpaired) electrons. The summed E-state index contributed by atoms with van der Waals surface area (Å²) in [5.74, 6) is -0.607. The lowest BCUT2D eigenvalue weighted by Crippen LogP contribution is -2.43. The summed E-state index contributed by atoms with van der Waals surface area (Å²) >= 11 is 0. The van der Waals surface area contributed by atoms with E-state index < -0.39 is 11.8 Å². The van der Waals surface area contributed by atoms with Gasteiger partial charge in [-0.25, -0.2) is 0 Å². The minimum Gasteiger partial charge on any atom is -0.484 e. The summed E-state index contributed by atoms with van der Waals surface area (Å²) in [4.78, 5) is 36.6. The van der Waals surface area contributed by atoms with Crippen molar-refractivity contribution < 1.29 is 19.1 Å². The van der Waals surface area contributed by atoms with Gasteiger partial charge in [0, 0.05) is 16.8 Å². The first-order valence-corrected chi connectivity index (χ1v) is 10.1. The van der Waals surface area contributed by atoms with Crippen molar-refractivity contribution in [1.82, 2.24) is 10.9 Å². The molecule has 3 aromatic rings. The quantitative estimate of drug-likeness (QED) is 0.519. The third kappa shape index (κ3) is 6.18. The molecule has 0 bridgehead atoms. The predicted octanol–water partition coefficient (Wildman–Crippen LogP) is 3.70. The van der Waals surface area contributed by atoms with Gasteiger partial charge in [0.2, 0.25) is 0 Å². The van der Waals surface area contributed by atoms with E-state index in [1.807, 2.05) is 51.1 Å². The molecule has 0 fully saturated rings. The molecule has 0 atom stereocenters. The van der Waals surface area contributed by atoms with Gasteiger partial charge < -0.3 is 10.1 Å². The number of nitrogens with one attached hydrogen (secondary N) is 3. The fourth-order valence-electron chi connectivity index (χ4n) is 3.13. The summed E-state index contributed by atoms with van der Waals surface area (Å²) in [6, 6.07) is 19.3. The average Bonchev–Trinajstić information content (AvgIpc) is 2.76. The fourth-order valence-corrected chi connectivity index (χ4v) is 3.13. The monoisotopic (exact) mass is 431 g/mol. The van der Waals surface area contributed by atoms with Crippen molar-refractivity contribution in [3.05, 3.63) is 94.5 Å². The molecule has 0 unspecified atom stereocenters. The third-order valence-electron chi connectivity index (χ3n) is 4.68. The topological polar surface area (TPSA) is 96.5 Å². The highest BCUT2D eigenvalue weighted by Crippen LogP contribution is 2.16. The molecule has 7 nitrogen and oxygen atoms in total. The molecule has 0 aromatic heterocycles. The van der Waals surface area contributed by atoms with E-state index >= 15 is 0 Å². The van der Waals surface area contributed by atoms with E-state index in [9.17, 15) is 14.4 Å².